The molecule has 0 aliphatic heterocycles. The largest absolute Gasteiger partial charge is 0.457 e. The van der Waals surface area contributed by atoms with E-state index in [9.17, 15) is 19.7 Å². The van der Waals surface area contributed by atoms with E-state index < -0.39 is 16.9 Å². The summed E-state index contributed by atoms with van der Waals surface area (Å²) >= 11 is 11.9. The van der Waals surface area contributed by atoms with E-state index in [-0.39, 0.29) is 29.4 Å². The predicted molar refractivity (Wildman–Crippen MR) is 151 cm³/mol. The summed E-state index contributed by atoms with van der Waals surface area (Å²) in [5, 5.41) is 17.0. The first-order valence-electron chi connectivity index (χ1n) is 11.7. The summed E-state index contributed by atoms with van der Waals surface area (Å²) in [6.07, 6.45) is 0. The highest BCUT2D eigenvalue weighted by atomic mass is 35.5. The van der Waals surface area contributed by atoms with Gasteiger partial charge in [0.1, 0.15) is 16.5 Å². The molecule has 0 atom stereocenters. The minimum absolute atomic E-state index is 0.0560. The molecule has 4 aromatic rings. The maximum atomic E-state index is 13.2. The number of halogens is 2. The second-order valence-corrected chi connectivity index (χ2v) is 9.02. The standard InChI is InChI=1S/C28H22Cl2N4O5/c29-20-5-4-6-21(18-20)32-28(36)33(22-10-12-24(13-11-22)39-23-7-2-1-3-8-23)16-15-31-27(35)19-9-14-25(30)26(17-19)34(37)38/h1-14,17-18H,15-16H2,(H,31,35)(H,32,36). The summed E-state index contributed by atoms with van der Waals surface area (Å²) < 4.78 is 5.83. The number of anilines is 2. The third-order valence-electron chi connectivity index (χ3n) is 5.47. The molecule has 0 unspecified atom stereocenters. The summed E-state index contributed by atoms with van der Waals surface area (Å²) in [7, 11) is 0. The lowest BCUT2D eigenvalue weighted by atomic mass is 10.2. The van der Waals surface area contributed by atoms with Gasteiger partial charge in [0.2, 0.25) is 0 Å². The van der Waals surface area contributed by atoms with Gasteiger partial charge in [-0.15, -0.1) is 0 Å². The van der Waals surface area contributed by atoms with Crippen LogP contribution in [-0.4, -0.2) is 30.0 Å². The lowest BCUT2D eigenvalue weighted by Crippen LogP contribution is -2.41. The van der Waals surface area contributed by atoms with Crippen LogP contribution in [0.3, 0.4) is 0 Å². The number of carbonyl (C=O) groups is 2. The van der Waals surface area contributed by atoms with E-state index in [0.717, 1.165) is 6.07 Å². The number of ether oxygens (including phenoxy) is 1. The maximum absolute atomic E-state index is 13.2. The van der Waals surface area contributed by atoms with E-state index in [0.29, 0.717) is 27.9 Å². The fraction of sp³-hybridized carbons (Fsp3) is 0.0714. The molecule has 0 aliphatic carbocycles. The fourth-order valence-corrected chi connectivity index (χ4v) is 3.98. The predicted octanol–water partition coefficient (Wildman–Crippen LogP) is 7.16. The van der Waals surface area contributed by atoms with Gasteiger partial charge in [-0.2, -0.15) is 0 Å². The van der Waals surface area contributed by atoms with Crippen LogP contribution < -0.4 is 20.3 Å². The van der Waals surface area contributed by atoms with Gasteiger partial charge in [0, 0.05) is 41.1 Å². The van der Waals surface area contributed by atoms with Crippen molar-refractivity contribution in [2.75, 3.05) is 23.3 Å². The van der Waals surface area contributed by atoms with Crippen molar-refractivity contribution in [3.63, 3.8) is 0 Å². The van der Waals surface area contributed by atoms with Crippen molar-refractivity contribution in [1.29, 1.82) is 0 Å². The SMILES string of the molecule is O=C(NCCN(C(=O)Nc1cccc(Cl)c1)c1ccc(Oc2ccccc2)cc1)c1ccc(Cl)c([N+](=O)[O-])c1. The minimum Gasteiger partial charge on any atom is -0.457 e. The topological polar surface area (TPSA) is 114 Å². The van der Waals surface area contributed by atoms with E-state index in [1.807, 2.05) is 30.3 Å². The van der Waals surface area contributed by atoms with Gasteiger partial charge in [-0.1, -0.05) is 47.5 Å². The number of benzene rings is 4. The number of nitro groups is 1. The Balaban J connectivity index is 1.48. The number of nitro benzene ring substituents is 1. The third-order valence-corrected chi connectivity index (χ3v) is 6.03. The summed E-state index contributed by atoms with van der Waals surface area (Å²) in [6.45, 7) is 0.146. The molecule has 0 bridgehead atoms. The smallest absolute Gasteiger partial charge is 0.326 e. The number of carbonyl (C=O) groups excluding carboxylic acids is 2. The van der Waals surface area contributed by atoms with Gasteiger partial charge in [0.15, 0.2) is 0 Å². The zero-order chi connectivity index (χ0) is 27.8. The number of amides is 3. The second kappa shape index (κ2) is 12.8. The first kappa shape index (κ1) is 27.4. The Morgan fingerprint density at radius 2 is 1.59 bits per heavy atom. The Morgan fingerprint density at radius 1 is 0.872 bits per heavy atom. The molecule has 2 N–H and O–H groups in total. The van der Waals surface area contributed by atoms with Crippen molar-refractivity contribution in [2.24, 2.45) is 0 Å². The van der Waals surface area contributed by atoms with Crippen LogP contribution in [0.1, 0.15) is 10.4 Å². The molecular weight excluding hydrogens is 543 g/mol. The number of hydrogen-bond donors (Lipinski definition) is 2. The van der Waals surface area contributed by atoms with Crippen LogP contribution in [0.15, 0.2) is 97.1 Å². The van der Waals surface area contributed by atoms with Crippen molar-refractivity contribution in [1.82, 2.24) is 5.32 Å². The van der Waals surface area contributed by atoms with Gasteiger partial charge in [-0.25, -0.2) is 4.79 Å². The van der Waals surface area contributed by atoms with Gasteiger partial charge in [-0.05, 0) is 66.7 Å². The molecule has 4 aromatic carbocycles. The molecule has 0 fully saturated rings. The van der Waals surface area contributed by atoms with E-state index in [4.69, 9.17) is 27.9 Å². The molecule has 39 heavy (non-hydrogen) atoms. The van der Waals surface area contributed by atoms with Crippen LogP contribution in [0.2, 0.25) is 10.0 Å². The zero-order valence-electron chi connectivity index (χ0n) is 20.3. The van der Waals surface area contributed by atoms with E-state index in [2.05, 4.69) is 10.6 Å². The van der Waals surface area contributed by atoms with Gasteiger partial charge >= 0.3 is 6.03 Å². The Hall–Kier alpha value is -4.60. The van der Waals surface area contributed by atoms with E-state index in [1.165, 1.54) is 17.0 Å². The van der Waals surface area contributed by atoms with Gasteiger partial charge in [0.05, 0.1) is 4.92 Å². The Labute approximate surface area is 234 Å². The van der Waals surface area contributed by atoms with Crippen LogP contribution in [0.4, 0.5) is 21.9 Å². The lowest BCUT2D eigenvalue weighted by Gasteiger charge is -2.24. The number of nitrogens with one attached hydrogen (secondary N) is 2. The quantitative estimate of drug-likeness (QED) is 0.165. The number of nitrogens with zero attached hydrogens (tertiary/aromatic N) is 2. The summed E-state index contributed by atoms with van der Waals surface area (Å²) in [4.78, 5) is 37.8. The molecule has 11 heteroatoms. The van der Waals surface area contributed by atoms with Crippen LogP contribution in [-0.2, 0) is 0 Å². The molecule has 0 aliphatic rings. The molecular formula is C28H22Cl2N4O5. The molecule has 0 heterocycles. The van der Waals surface area contributed by atoms with Gasteiger partial charge in [0.25, 0.3) is 11.6 Å². The van der Waals surface area contributed by atoms with Gasteiger partial charge in [-0.3, -0.25) is 19.8 Å². The highest BCUT2D eigenvalue weighted by molar-refractivity contribution is 6.32. The number of para-hydroxylation sites is 1. The average Bonchev–Trinajstić information content (AvgIpc) is 2.92. The fourth-order valence-electron chi connectivity index (χ4n) is 3.60. The molecule has 4 rings (SSSR count). The number of rotatable bonds is 9. The van der Waals surface area contributed by atoms with E-state index in [1.54, 1.807) is 48.5 Å². The molecule has 3 amide bonds. The third kappa shape index (κ3) is 7.47. The monoisotopic (exact) mass is 564 g/mol. The highest BCUT2D eigenvalue weighted by Crippen LogP contribution is 2.26. The van der Waals surface area contributed by atoms with Crippen LogP contribution in [0.25, 0.3) is 0 Å². The molecule has 0 saturated carbocycles. The molecule has 0 saturated heterocycles. The van der Waals surface area contributed by atoms with Crippen molar-refractivity contribution in [2.45, 2.75) is 0 Å². The Morgan fingerprint density at radius 3 is 2.28 bits per heavy atom. The first-order chi connectivity index (χ1) is 18.8. The number of hydrogen-bond acceptors (Lipinski definition) is 5. The van der Waals surface area contributed by atoms with Gasteiger partial charge < -0.3 is 15.4 Å². The van der Waals surface area contributed by atoms with Crippen molar-refractivity contribution >= 4 is 52.2 Å². The molecule has 0 spiro atoms. The summed E-state index contributed by atoms with van der Waals surface area (Å²) in [5.41, 5.74) is 0.749. The second-order valence-electron chi connectivity index (χ2n) is 8.18. The Bertz CT molecular complexity index is 1480. The van der Waals surface area contributed by atoms with Crippen LogP contribution in [0, 0.1) is 10.1 Å². The first-order valence-corrected chi connectivity index (χ1v) is 12.4. The average molecular weight is 565 g/mol. The van der Waals surface area contributed by atoms with Crippen LogP contribution >= 0.6 is 23.2 Å². The van der Waals surface area contributed by atoms with Crippen molar-refractivity contribution < 1.29 is 19.2 Å². The maximum Gasteiger partial charge on any atom is 0.326 e. The lowest BCUT2D eigenvalue weighted by molar-refractivity contribution is -0.384. The molecule has 9 nitrogen and oxygen atoms in total. The Kier molecular flexibility index (Phi) is 8.98. The van der Waals surface area contributed by atoms with E-state index >= 15 is 0 Å². The molecule has 0 aromatic heterocycles. The van der Waals surface area contributed by atoms with Crippen molar-refractivity contribution in [3.05, 3.63) is 123 Å². The summed E-state index contributed by atoms with van der Waals surface area (Å²) in [5.74, 6) is 0.709. The highest BCUT2D eigenvalue weighted by Gasteiger charge is 2.19. The normalized spacial score (nSPS) is 10.4. The molecule has 0 radical (unpaired) electrons. The van der Waals surface area contributed by atoms with Crippen LogP contribution in [0.5, 0.6) is 11.5 Å². The van der Waals surface area contributed by atoms with Crippen molar-refractivity contribution in [3.8, 4) is 11.5 Å². The minimum atomic E-state index is -0.661. The molecule has 198 valence electrons. The number of urea groups is 1. The summed E-state index contributed by atoms with van der Waals surface area (Å²) in [6, 6.07) is 26.2. The zero-order valence-corrected chi connectivity index (χ0v) is 21.9.